The lowest BCUT2D eigenvalue weighted by molar-refractivity contribution is 0.0695. The van der Waals surface area contributed by atoms with Crippen LogP contribution in [-0.2, 0) is 0 Å². The number of hydrogen-bond acceptors (Lipinski definition) is 5. The number of methoxy groups -OCH3 is 1. The zero-order chi connectivity index (χ0) is 13.8. The van der Waals surface area contributed by atoms with E-state index >= 15 is 0 Å². The summed E-state index contributed by atoms with van der Waals surface area (Å²) < 4.78 is 10.5. The molecule has 0 bridgehead atoms. The number of carboxylic acid groups (broad SMARTS) is 1. The monoisotopic (exact) mass is 260 g/mol. The normalized spacial score (nSPS) is 10.0. The average Bonchev–Trinajstić information content (AvgIpc) is 2.38. The van der Waals surface area contributed by atoms with Crippen molar-refractivity contribution in [3.8, 4) is 17.5 Å². The highest BCUT2D eigenvalue weighted by Gasteiger charge is 2.11. The highest BCUT2D eigenvalue weighted by Crippen LogP contribution is 2.23. The van der Waals surface area contributed by atoms with Crippen molar-refractivity contribution < 1.29 is 19.4 Å². The van der Waals surface area contributed by atoms with E-state index < -0.39 is 5.97 Å². The summed E-state index contributed by atoms with van der Waals surface area (Å²) in [5, 5.41) is 8.88. The summed E-state index contributed by atoms with van der Waals surface area (Å²) in [6, 6.07) is 7.06. The molecule has 2 aromatic rings. The van der Waals surface area contributed by atoms with Crippen LogP contribution in [0.5, 0.6) is 17.5 Å². The van der Waals surface area contributed by atoms with Gasteiger partial charge in [0.05, 0.1) is 18.4 Å². The van der Waals surface area contributed by atoms with Crippen LogP contribution < -0.4 is 9.47 Å². The largest absolute Gasteiger partial charge is 0.497 e. The van der Waals surface area contributed by atoms with Gasteiger partial charge in [0.1, 0.15) is 11.5 Å². The van der Waals surface area contributed by atoms with Crippen LogP contribution in [0.4, 0.5) is 0 Å². The third kappa shape index (κ3) is 2.98. The van der Waals surface area contributed by atoms with Gasteiger partial charge in [-0.2, -0.15) is 4.98 Å². The second kappa shape index (κ2) is 5.34. The molecule has 2 rings (SSSR count). The summed E-state index contributed by atoms with van der Waals surface area (Å²) in [5.74, 6) is 0.101. The number of carbonyl (C=O) groups is 1. The van der Waals surface area contributed by atoms with Gasteiger partial charge in [-0.25, -0.2) is 9.78 Å². The Morgan fingerprint density at radius 1 is 1.32 bits per heavy atom. The molecule has 0 saturated carbocycles. The van der Waals surface area contributed by atoms with E-state index in [4.69, 9.17) is 14.6 Å². The van der Waals surface area contributed by atoms with Crippen LogP contribution in [0.2, 0.25) is 0 Å². The lowest BCUT2D eigenvalue weighted by Gasteiger charge is -2.06. The zero-order valence-electron chi connectivity index (χ0n) is 10.5. The van der Waals surface area contributed by atoms with Crippen LogP contribution in [0.3, 0.4) is 0 Å². The molecule has 1 N–H and O–H groups in total. The molecule has 0 atom stereocenters. The molecule has 0 amide bonds. The topological polar surface area (TPSA) is 81.5 Å². The fourth-order valence-electron chi connectivity index (χ4n) is 1.47. The second-order valence-electron chi connectivity index (χ2n) is 3.74. The number of rotatable bonds is 4. The van der Waals surface area contributed by atoms with E-state index in [1.54, 1.807) is 38.3 Å². The summed E-state index contributed by atoms with van der Waals surface area (Å²) in [5.41, 5.74) is 0.401. The molecule has 0 saturated heterocycles. The molecule has 19 heavy (non-hydrogen) atoms. The molecule has 0 spiro atoms. The fourth-order valence-corrected chi connectivity index (χ4v) is 1.47. The molecular formula is C13H12N2O4. The number of aromatic carboxylic acids is 1. The van der Waals surface area contributed by atoms with E-state index in [2.05, 4.69) is 9.97 Å². The van der Waals surface area contributed by atoms with Crippen LogP contribution in [0, 0.1) is 6.92 Å². The Bertz CT molecular complexity index is 613. The van der Waals surface area contributed by atoms with Gasteiger partial charge in [-0.3, -0.25) is 0 Å². The Balaban J connectivity index is 2.23. The summed E-state index contributed by atoms with van der Waals surface area (Å²) in [6.07, 6.45) is 1.22. The summed E-state index contributed by atoms with van der Waals surface area (Å²) in [4.78, 5) is 18.7. The van der Waals surface area contributed by atoms with Crippen LogP contribution in [0.25, 0.3) is 0 Å². The standard InChI is InChI=1S/C13H12N2O4/c1-8-11(12(16)17)7-14-13(15-8)19-10-5-3-4-9(6-10)18-2/h3-7H,1-2H3,(H,16,17). The maximum Gasteiger partial charge on any atom is 0.339 e. The van der Waals surface area contributed by atoms with Crippen LogP contribution in [0.15, 0.2) is 30.5 Å². The zero-order valence-corrected chi connectivity index (χ0v) is 10.5. The minimum atomic E-state index is -1.06. The Kier molecular flexibility index (Phi) is 3.61. The molecular weight excluding hydrogens is 248 g/mol. The molecule has 1 aromatic heterocycles. The van der Waals surface area contributed by atoms with E-state index in [9.17, 15) is 4.79 Å². The maximum atomic E-state index is 10.8. The summed E-state index contributed by atoms with van der Waals surface area (Å²) in [6.45, 7) is 1.59. The van der Waals surface area contributed by atoms with Gasteiger partial charge in [0.2, 0.25) is 0 Å². The smallest absolute Gasteiger partial charge is 0.339 e. The molecule has 1 aromatic carbocycles. The van der Waals surface area contributed by atoms with Crippen molar-refractivity contribution in [2.45, 2.75) is 6.92 Å². The van der Waals surface area contributed by atoms with Gasteiger partial charge in [-0.15, -0.1) is 0 Å². The first-order valence-electron chi connectivity index (χ1n) is 5.49. The number of benzene rings is 1. The number of aryl methyl sites for hydroxylation is 1. The lowest BCUT2D eigenvalue weighted by Crippen LogP contribution is -2.04. The first-order chi connectivity index (χ1) is 9.10. The highest BCUT2D eigenvalue weighted by molar-refractivity contribution is 5.88. The molecule has 0 aliphatic heterocycles. The minimum Gasteiger partial charge on any atom is -0.497 e. The number of nitrogens with zero attached hydrogens (tertiary/aromatic N) is 2. The first-order valence-corrected chi connectivity index (χ1v) is 5.49. The second-order valence-corrected chi connectivity index (χ2v) is 3.74. The summed E-state index contributed by atoms with van der Waals surface area (Å²) >= 11 is 0. The minimum absolute atomic E-state index is 0.0537. The van der Waals surface area contributed by atoms with Gasteiger partial charge in [0, 0.05) is 12.3 Å². The van der Waals surface area contributed by atoms with Crippen molar-refractivity contribution in [2.24, 2.45) is 0 Å². The highest BCUT2D eigenvalue weighted by atomic mass is 16.5. The van der Waals surface area contributed by atoms with Crippen LogP contribution in [0.1, 0.15) is 16.1 Å². The summed E-state index contributed by atoms with van der Waals surface area (Å²) in [7, 11) is 1.56. The fraction of sp³-hybridized carbons (Fsp3) is 0.154. The Hall–Kier alpha value is -2.63. The maximum absolute atomic E-state index is 10.8. The van der Waals surface area contributed by atoms with Crippen LogP contribution in [-0.4, -0.2) is 28.2 Å². The molecule has 1 heterocycles. The van der Waals surface area contributed by atoms with Gasteiger partial charge in [0.25, 0.3) is 0 Å². The first kappa shape index (κ1) is 12.8. The predicted molar refractivity (Wildman–Crippen MR) is 66.8 cm³/mol. The lowest BCUT2D eigenvalue weighted by atomic mass is 10.2. The van der Waals surface area contributed by atoms with Gasteiger partial charge in [0.15, 0.2) is 0 Å². The van der Waals surface area contributed by atoms with Crippen molar-refractivity contribution in [3.05, 3.63) is 41.7 Å². The third-order valence-electron chi connectivity index (χ3n) is 2.44. The number of ether oxygens (including phenoxy) is 2. The molecule has 98 valence electrons. The SMILES string of the molecule is COc1cccc(Oc2ncc(C(=O)O)c(C)n2)c1. The molecule has 0 fully saturated rings. The van der Waals surface area contributed by atoms with Gasteiger partial charge < -0.3 is 14.6 Å². The van der Waals surface area contributed by atoms with Crippen molar-refractivity contribution in [1.29, 1.82) is 0 Å². The average molecular weight is 260 g/mol. The molecule has 6 heteroatoms. The van der Waals surface area contributed by atoms with Crippen molar-refractivity contribution in [1.82, 2.24) is 9.97 Å². The van der Waals surface area contributed by atoms with E-state index in [0.717, 1.165) is 0 Å². The van der Waals surface area contributed by atoms with E-state index in [1.165, 1.54) is 6.20 Å². The Labute approximate surface area is 109 Å². The van der Waals surface area contributed by atoms with Crippen molar-refractivity contribution in [2.75, 3.05) is 7.11 Å². The Morgan fingerprint density at radius 3 is 2.68 bits per heavy atom. The van der Waals surface area contributed by atoms with Gasteiger partial charge in [-0.1, -0.05) is 6.07 Å². The molecule has 0 radical (unpaired) electrons. The number of carboxylic acids is 1. The van der Waals surface area contributed by atoms with Crippen molar-refractivity contribution in [3.63, 3.8) is 0 Å². The molecule has 0 aliphatic rings. The Morgan fingerprint density at radius 2 is 2.05 bits per heavy atom. The molecule has 0 aliphatic carbocycles. The van der Waals surface area contributed by atoms with Crippen molar-refractivity contribution >= 4 is 5.97 Å². The number of hydrogen-bond donors (Lipinski definition) is 1. The predicted octanol–water partition coefficient (Wildman–Crippen LogP) is 2.28. The van der Waals surface area contributed by atoms with Gasteiger partial charge >= 0.3 is 12.0 Å². The van der Waals surface area contributed by atoms with Crippen LogP contribution >= 0.6 is 0 Å². The quantitative estimate of drug-likeness (QED) is 0.908. The van der Waals surface area contributed by atoms with E-state index in [0.29, 0.717) is 17.2 Å². The van der Waals surface area contributed by atoms with Gasteiger partial charge in [-0.05, 0) is 19.1 Å². The van der Waals surface area contributed by atoms with E-state index in [1.807, 2.05) is 0 Å². The molecule has 0 unspecified atom stereocenters. The van der Waals surface area contributed by atoms with E-state index in [-0.39, 0.29) is 11.6 Å². The third-order valence-corrected chi connectivity index (χ3v) is 2.44. The number of aromatic nitrogens is 2. The molecule has 6 nitrogen and oxygen atoms in total.